The second-order valence-corrected chi connectivity index (χ2v) is 5.78. The van der Waals surface area contributed by atoms with Crippen molar-refractivity contribution in [3.05, 3.63) is 51.7 Å². The molecule has 2 N–H and O–H groups in total. The minimum Gasteiger partial charge on any atom is -0.398 e. The van der Waals surface area contributed by atoms with Crippen LogP contribution >= 0.6 is 39.3 Å². The van der Waals surface area contributed by atoms with Gasteiger partial charge in [-0.25, -0.2) is 4.98 Å². The van der Waals surface area contributed by atoms with E-state index in [0.29, 0.717) is 5.15 Å². The van der Waals surface area contributed by atoms with Crippen molar-refractivity contribution in [1.82, 2.24) is 4.98 Å². The molecule has 0 aliphatic heterocycles. The van der Waals surface area contributed by atoms with E-state index in [1.807, 2.05) is 24.3 Å². The molecule has 2 aromatic rings. The fourth-order valence-corrected chi connectivity index (χ4v) is 2.68. The molecule has 88 valence electrons. The SMILES string of the molecule is Nc1cc(Br)ccc1SCc1ccc(Cl)nc1. The van der Waals surface area contributed by atoms with Crippen LogP contribution in [0.2, 0.25) is 5.15 Å². The quantitative estimate of drug-likeness (QED) is 0.516. The lowest BCUT2D eigenvalue weighted by Gasteiger charge is -2.05. The molecule has 0 spiro atoms. The van der Waals surface area contributed by atoms with Gasteiger partial charge in [-0.05, 0) is 29.8 Å². The van der Waals surface area contributed by atoms with Crippen molar-refractivity contribution in [2.24, 2.45) is 0 Å². The summed E-state index contributed by atoms with van der Waals surface area (Å²) in [5.74, 6) is 0.829. The number of pyridine rings is 1. The number of nitrogen functional groups attached to an aromatic ring is 1. The number of benzene rings is 1. The lowest BCUT2D eigenvalue weighted by Crippen LogP contribution is -1.89. The van der Waals surface area contributed by atoms with Gasteiger partial charge in [0.25, 0.3) is 0 Å². The van der Waals surface area contributed by atoms with Crippen molar-refractivity contribution in [3.8, 4) is 0 Å². The van der Waals surface area contributed by atoms with Crippen molar-refractivity contribution in [3.63, 3.8) is 0 Å². The maximum absolute atomic E-state index is 5.92. The van der Waals surface area contributed by atoms with Crippen LogP contribution in [0.1, 0.15) is 5.56 Å². The minimum atomic E-state index is 0.516. The highest BCUT2D eigenvalue weighted by Gasteiger charge is 2.02. The molecule has 5 heteroatoms. The number of rotatable bonds is 3. The van der Waals surface area contributed by atoms with Crippen LogP contribution < -0.4 is 5.73 Å². The monoisotopic (exact) mass is 328 g/mol. The summed E-state index contributed by atoms with van der Waals surface area (Å²) in [6, 6.07) is 9.66. The number of hydrogen-bond acceptors (Lipinski definition) is 3. The van der Waals surface area contributed by atoms with Gasteiger partial charge in [-0.15, -0.1) is 11.8 Å². The first-order valence-electron chi connectivity index (χ1n) is 4.93. The molecule has 0 bridgehead atoms. The van der Waals surface area contributed by atoms with E-state index >= 15 is 0 Å². The van der Waals surface area contributed by atoms with E-state index in [1.165, 1.54) is 0 Å². The zero-order valence-corrected chi connectivity index (χ0v) is 12.0. The van der Waals surface area contributed by atoms with E-state index in [4.69, 9.17) is 17.3 Å². The number of aromatic nitrogens is 1. The van der Waals surface area contributed by atoms with Crippen molar-refractivity contribution < 1.29 is 0 Å². The Labute approximate surface area is 118 Å². The number of hydrogen-bond donors (Lipinski definition) is 1. The topological polar surface area (TPSA) is 38.9 Å². The zero-order valence-electron chi connectivity index (χ0n) is 8.86. The second kappa shape index (κ2) is 5.76. The van der Waals surface area contributed by atoms with Gasteiger partial charge < -0.3 is 5.73 Å². The van der Waals surface area contributed by atoms with Crippen molar-refractivity contribution in [2.75, 3.05) is 5.73 Å². The largest absolute Gasteiger partial charge is 0.398 e. The first kappa shape index (κ1) is 12.7. The molecule has 0 radical (unpaired) electrons. The van der Waals surface area contributed by atoms with Gasteiger partial charge in [0, 0.05) is 27.0 Å². The standard InChI is InChI=1S/C12H10BrClN2S/c13-9-2-3-11(10(15)5-9)17-7-8-1-4-12(14)16-6-8/h1-6H,7,15H2. The lowest BCUT2D eigenvalue weighted by molar-refractivity contribution is 1.25. The maximum atomic E-state index is 5.92. The van der Waals surface area contributed by atoms with Crippen LogP contribution in [-0.2, 0) is 5.75 Å². The van der Waals surface area contributed by atoms with E-state index in [2.05, 4.69) is 20.9 Å². The highest BCUT2D eigenvalue weighted by molar-refractivity contribution is 9.10. The molecule has 1 aromatic carbocycles. The summed E-state index contributed by atoms with van der Waals surface area (Å²) >= 11 is 10.8. The molecular formula is C12H10BrClN2S. The Morgan fingerprint density at radius 3 is 2.76 bits per heavy atom. The van der Waals surface area contributed by atoms with E-state index in [1.54, 1.807) is 24.0 Å². The predicted molar refractivity (Wildman–Crippen MR) is 77.4 cm³/mol. The smallest absolute Gasteiger partial charge is 0.129 e. The fraction of sp³-hybridized carbons (Fsp3) is 0.0833. The Morgan fingerprint density at radius 2 is 2.12 bits per heavy atom. The van der Waals surface area contributed by atoms with Crippen molar-refractivity contribution in [1.29, 1.82) is 0 Å². The molecular weight excluding hydrogens is 320 g/mol. The molecule has 0 atom stereocenters. The summed E-state index contributed by atoms with van der Waals surface area (Å²) < 4.78 is 0.993. The highest BCUT2D eigenvalue weighted by Crippen LogP contribution is 2.30. The number of nitrogens with two attached hydrogens (primary N) is 1. The van der Waals surface area contributed by atoms with E-state index in [0.717, 1.165) is 26.4 Å². The zero-order chi connectivity index (χ0) is 12.3. The van der Waals surface area contributed by atoms with Crippen LogP contribution in [-0.4, -0.2) is 4.98 Å². The number of halogens is 2. The molecule has 0 aliphatic carbocycles. The van der Waals surface area contributed by atoms with Crippen LogP contribution in [0.15, 0.2) is 45.9 Å². The molecule has 0 fully saturated rings. The van der Waals surface area contributed by atoms with Gasteiger partial charge in [0.1, 0.15) is 5.15 Å². The first-order chi connectivity index (χ1) is 8.15. The average molecular weight is 330 g/mol. The summed E-state index contributed by atoms with van der Waals surface area (Å²) in [4.78, 5) is 5.11. The number of anilines is 1. The van der Waals surface area contributed by atoms with Gasteiger partial charge in [-0.1, -0.05) is 33.6 Å². The summed E-state index contributed by atoms with van der Waals surface area (Å²) in [5.41, 5.74) is 7.83. The second-order valence-electron chi connectivity index (χ2n) is 3.46. The number of thioether (sulfide) groups is 1. The Morgan fingerprint density at radius 1 is 1.29 bits per heavy atom. The summed E-state index contributed by atoms with van der Waals surface area (Å²) in [6.45, 7) is 0. The van der Waals surface area contributed by atoms with Gasteiger partial charge >= 0.3 is 0 Å². The Kier molecular flexibility index (Phi) is 4.31. The molecule has 0 saturated heterocycles. The lowest BCUT2D eigenvalue weighted by atomic mass is 10.3. The Balaban J connectivity index is 2.04. The van der Waals surface area contributed by atoms with E-state index in [-0.39, 0.29) is 0 Å². The van der Waals surface area contributed by atoms with Crippen LogP contribution in [0, 0.1) is 0 Å². The molecule has 1 aromatic heterocycles. The summed E-state index contributed by atoms with van der Waals surface area (Å²) in [6.07, 6.45) is 1.78. The molecule has 1 heterocycles. The van der Waals surface area contributed by atoms with E-state index < -0.39 is 0 Å². The van der Waals surface area contributed by atoms with Gasteiger partial charge in [-0.2, -0.15) is 0 Å². The first-order valence-corrected chi connectivity index (χ1v) is 7.09. The molecule has 2 nitrogen and oxygen atoms in total. The maximum Gasteiger partial charge on any atom is 0.129 e. The fourth-order valence-electron chi connectivity index (χ4n) is 1.30. The average Bonchev–Trinajstić information content (AvgIpc) is 2.30. The molecule has 0 saturated carbocycles. The van der Waals surface area contributed by atoms with Crippen molar-refractivity contribution in [2.45, 2.75) is 10.6 Å². The number of nitrogens with zero attached hydrogens (tertiary/aromatic N) is 1. The predicted octanol–water partition coefficient (Wildman–Crippen LogP) is 4.37. The third-order valence-electron chi connectivity index (χ3n) is 2.15. The van der Waals surface area contributed by atoms with Gasteiger partial charge in [0.05, 0.1) is 0 Å². The molecule has 17 heavy (non-hydrogen) atoms. The third kappa shape index (κ3) is 3.63. The van der Waals surface area contributed by atoms with E-state index in [9.17, 15) is 0 Å². The van der Waals surface area contributed by atoms with Gasteiger partial charge in [-0.3, -0.25) is 0 Å². The third-order valence-corrected chi connectivity index (χ3v) is 4.03. The molecule has 2 rings (SSSR count). The van der Waals surface area contributed by atoms with Crippen LogP contribution in [0.3, 0.4) is 0 Å². The Hall–Kier alpha value is -0.710. The normalized spacial score (nSPS) is 10.5. The van der Waals surface area contributed by atoms with Crippen LogP contribution in [0.4, 0.5) is 5.69 Å². The summed E-state index contributed by atoms with van der Waals surface area (Å²) in [7, 11) is 0. The molecule has 0 aliphatic rings. The minimum absolute atomic E-state index is 0.516. The van der Waals surface area contributed by atoms with Crippen LogP contribution in [0.25, 0.3) is 0 Å². The highest BCUT2D eigenvalue weighted by atomic mass is 79.9. The van der Waals surface area contributed by atoms with Crippen LogP contribution in [0.5, 0.6) is 0 Å². The Bertz CT molecular complexity index is 516. The van der Waals surface area contributed by atoms with Gasteiger partial charge in [0.2, 0.25) is 0 Å². The van der Waals surface area contributed by atoms with Gasteiger partial charge in [0.15, 0.2) is 0 Å². The molecule has 0 amide bonds. The van der Waals surface area contributed by atoms with Crippen molar-refractivity contribution >= 4 is 45.0 Å². The molecule has 0 unspecified atom stereocenters. The summed E-state index contributed by atoms with van der Waals surface area (Å²) in [5, 5.41) is 0.516.